The first-order valence-electron chi connectivity index (χ1n) is 8.38. The molecular formula is C19H25NO3S. The Morgan fingerprint density at radius 3 is 2.67 bits per heavy atom. The minimum Gasteiger partial charge on any atom is -0.464 e. The van der Waals surface area contributed by atoms with E-state index in [1.165, 1.54) is 0 Å². The number of esters is 1. The van der Waals surface area contributed by atoms with Crippen molar-refractivity contribution in [3.8, 4) is 0 Å². The Balaban J connectivity index is 2.14. The maximum atomic E-state index is 12.7. The number of benzene rings is 1. The summed E-state index contributed by atoms with van der Waals surface area (Å²) >= 11 is 1.65. The maximum Gasteiger partial charge on any atom is 0.329 e. The van der Waals surface area contributed by atoms with Gasteiger partial charge in [0.25, 0.3) is 0 Å². The van der Waals surface area contributed by atoms with Gasteiger partial charge in [0.05, 0.1) is 12.0 Å². The molecule has 2 atom stereocenters. The Morgan fingerprint density at radius 2 is 2.04 bits per heavy atom. The number of amides is 1. The third-order valence-electron chi connectivity index (χ3n) is 3.80. The highest BCUT2D eigenvalue weighted by Gasteiger charge is 2.42. The number of thioether (sulfide) groups is 1. The summed E-state index contributed by atoms with van der Waals surface area (Å²) in [4.78, 5) is 26.7. The highest BCUT2D eigenvalue weighted by molar-refractivity contribution is 8.00. The minimum absolute atomic E-state index is 0.00269. The molecular weight excluding hydrogens is 322 g/mol. The van der Waals surface area contributed by atoms with Gasteiger partial charge in [-0.3, -0.25) is 4.79 Å². The van der Waals surface area contributed by atoms with Gasteiger partial charge in [-0.1, -0.05) is 51.1 Å². The molecule has 0 aromatic heterocycles. The van der Waals surface area contributed by atoms with Crippen molar-refractivity contribution in [3.05, 3.63) is 42.0 Å². The van der Waals surface area contributed by atoms with Crippen LogP contribution in [0.25, 0.3) is 6.08 Å². The van der Waals surface area contributed by atoms with Gasteiger partial charge in [-0.15, -0.1) is 11.8 Å². The predicted molar refractivity (Wildman–Crippen MR) is 98.4 cm³/mol. The Morgan fingerprint density at radius 1 is 1.33 bits per heavy atom. The molecule has 1 aliphatic heterocycles. The van der Waals surface area contributed by atoms with Crippen LogP contribution in [0.3, 0.4) is 0 Å². The molecule has 1 saturated heterocycles. The van der Waals surface area contributed by atoms with Crippen molar-refractivity contribution in [2.75, 3.05) is 12.4 Å². The second kappa shape index (κ2) is 8.92. The molecule has 0 aliphatic carbocycles. The van der Waals surface area contributed by atoms with Gasteiger partial charge in [-0.2, -0.15) is 0 Å². The summed E-state index contributed by atoms with van der Waals surface area (Å²) < 4.78 is 5.28. The molecule has 1 aromatic carbocycles. The smallest absolute Gasteiger partial charge is 0.329 e. The Labute approximate surface area is 148 Å². The lowest BCUT2D eigenvalue weighted by Gasteiger charge is -2.29. The van der Waals surface area contributed by atoms with E-state index in [1.807, 2.05) is 37.3 Å². The van der Waals surface area contributed by atoms with Gasteiger partial charge >= 0.3 is 5.97 Å². The van der Waals surface area contributed by atoms with Crippen molar-refractivity contribution < 1.29 is 14.3 Å². The lowest BCUT2D eigenvalue weighted by Crippen LogP contribution is -2.47. The molecule has 130 valence electrons. The van der Waals surface area contributed by atoms with E-state index in [0.717, 1.165) is 12.0 Å². The van der Waals surface area contributed by atoms with E-state index in [2.05, 4.69) is 13.8 Å². The zero-order valence-corrected chi connectivity index (χ0v) is 15.3. The fraction of sp³-hybridized carbons (Fsp3) is 0.474. The van der Waals surface area contributed by atoms with Crippen molar-refractivity contribution in [2.24, 2.45) is 5.92 Å². The van der Waals surface area contributed by atoms with Crippen LogP contribution >= 0.6 is 11.8 Å². The lowest BCUT2D eigenvalue weighted by molar-refractivity contribution is -0.153. The molecule has 5 heteroatoms. The van der Waals surface area contributed by atoms with Crippen LogP contribution in [0.15, 0.2) is 36.4 Å². The first kappa shape index (κ1) is 18.6. The van der Waals surface area contributed by atoms with E-state index in [0.29, 0.717) is 12.4 Å². The van der Waals surface area contributed by atoms with E-state index in [9.17, 15) is 9.59 Å². The van der Waals surface area contributed by atoms with Crippen LogP contribution < -0.4 is 0 Å². The maximum absolute atomic E-state index is 12.7. The summed E-state index contributed by atoms with van der Waals surface area (Å²) in [7, 11) is 0. The number of hydrogen-bond acceptors (Lipinski definition) is 4. The topological polar surface area (TPSA) is 46.6 Å². The van der Waals surface area contributed by atoms with Crippen molar-refractivity contribution in [3.63, 3.8) is 0 Å². The van der Waals surface area contributed by atoms with Crippen LogP contribution in [0.5, 0.6) is 0 Å². The number of ether oxygens (including phenoxy) is 1. The first-order chi connectivity index (χ1) is 11.5. The van der Waals surface area contributed by atoms with Gasteiger partial charge in [0.15, 0.2) is 0 Å². The zero-order valence-electron chi connectivity index (χ0n) is 14.5. The van der Waals surface area contributed by atoms with Crippen LogP contribution in [0.4, 0.5) is 0 Å². The van der Waals surface area contributed by atoms with Crippen LogP contribution in [0, 0.1) is 5.92 Å². The molecule has 1 heterocycles. The molecule has 24 heavy (non-hydrogen) atoms. The fourth-order valence-corrected chi connectivity index (χ4v) is 4.09. The van der Waals surface area contributed by atoms with Crippen LogP contribution in [0.2, 0.25) is 0 Å². The molecule has 0 spiro atoms. The number of rotatable bonds is 6. The average molecular weight is 347 g/mol. The van der Waals surface area contributed by atoms with Gasteiger partial charge in [0.2, 0.25) is 5.91 Å². The van der Waals surface area contributed by atoms with Crippen LogP contribution in [0.1, 0.15) is 32.8 Å². The normalized spacial score (nSPS) is 20.8. The summed E-state index contributed by atoms with van der Waals surface area (Å²) in [5, 5.41) is -0.00269. The molecule has 0 N–H and O–H groups in total. The Kier molecular flexibility index (Phi) is 6.91. The monoisotopic (exact) mass is 347 g/mol. The van der Waals surface area contributed by atoms with Gasteiger partial charge in [0.1, 0.15) is 6.04 Å². The van der Waals surface area contributed by atoms with E-state index in [4.69, 9.17) is 4.74 Å². The summed E-state index contributed by atoms with van der Waals surface area (Å²) in [6, 6.07) is 9.17. The van der Waals surface area contributed by atoms with E-state index < -0.39 is 6.04 Å². The lowest BCUT2D eigenvalue weighted by atomic mass is 10.1. The van der Waals surface area contributed by atoms with Gasteiger partial charge in [-0.05, 0) is 24.0 Å². The molecule has 1 aromatic rings. The highest BCUT2D eigenvalue weighted by atomic mass is 32.2. The van der Waals surface area contributed by atoms with Crippen molar-refractivity contribution >= 4 is 29.7 Å². The minimum atomic E-state index is -0.498. The number of carbonyl (C=O) groups excluding carboxylic acids is 2. The van der Waals surface area contributed by atoms with Crippen LogP contribution in [-0.2, 0) is 14.3 Å². The molecule has 1 aliphatic rings. The summed E-state index contributed by atoms with van der Waals surface area (Å²) in [6.07, 6.45) is 4.12. The summed E-state index contributed by atoms with van der Waals surface area (Å²) in [5.41, 5.74) is 0.962. The van der Waals surface area contributed by atoms with Crippen molar-refractivity contribution in [1.29, 1.82) is 0 Å². The second-order valence-corrected chi connectivity index (χ2v) is 7.29. The van der Waals surface area contributed by atoms with Gasteiger partial charge in [-0.25, -0.2) is 4.79 Å². The highest BCUT2D eigenvalue weighted by Crippen LogP contribution is 2.34. The molecule has 0 radical (unpaired) electrons. The number of hydrogen-bond donors (Lipinski definition) is 0. The number of carbonyl (C=O) groups is 2. The quantitative estimate of drug-likeness (QED) is 0.583. The Bertz CT molecular complexity index is 586. The largest absolute Gasteiger partial charge is 0.464 e. The Hall–Kier alpha value is -1.75. The second-order valence-electron chi connectivity index (χ2n) is 6.14. The molecule has 1 amide bonds. The van der Waals surface area contributed by atoms with Crippen molar-refractivity contribution in [1.82, 2.24) is 4.90 Å². The van der Waals surface area contributed by atoms with E-state index >= 15 is 0 Å². The zero-order chi connectivity index (χ0) is 17.5. The molecule has 0 saturated carbocycles. The molecule has 1 fully saturated rings. The summed E-state index contributed by atoms with van der Waals surface area (Å²) in [5.74, 6) is 0.430. The molecule has 0 bridgehead atoms. The predicted octanol–water partition coefficient (Wildman–Crippen LogP) is 3.58. The molecule has 2 rings (SSSR count). The van der Waals surface area contributed by atoms with Crippen molar-refractivity contribution in [2.45, 2.75) is 38.6 Å². The SMILES string of the molecule is CCCOC(=O)C1CSC(C(C)C)N1C(=O)C=Cc1ccccc1. The third kappa shape index (κ3) is 4.63. The standard InChI is InChI=1S/C19H25NO3S/c1-4-12-23-19(22)16-13-24-18(14(2)3)20(16)17(21)11-10-15-8-6-5-7-9-15/h5-11,14,16,18H,4,12-13H2,1-3H3. The van der Waals surface area contributed by atoms with Gasteiger partial charge in [0, 0.05) is 11.8 Å². The third-order valence-corrected chi connectivity index (χ3v) is 5.42. The summed E-state index contributed by atoms with van der Waals surface area (Å²) in [6.45, 7) is 6.49. The average Bonchev–Trinajstić information content (AvgIpc) is 3.04. The molecule has 2 unspecified atom stereocenters. The fourth-order valence-electron chi connectivity index (χ4n) is 2.62. The first-order valence-corrected chi connectivity index (χ1v) is 9.43. The van der Waals surface area contributed by atoms with Crippen LogP contribution in [-0.4, -0.2) is 40.6 Å². The number of nitrogens with zero attached hydrogens (tertiary/aromatic N) is 1. The van der Waals surface area contributed by atoms with Gasteiger partial charge < -0.3 is 9.64 Å². The van der Waals surface area contributed by atoms with E-state index in [1.54, 1.807) is 28.8 Å². The molecule has 4 nitrogen and oxygen atoms in total. The van der Waals surface area contributed by atoms with E-state index in [-0.39, 0.29) is 23.2 Å².